The Balaban J connectivity index is 1.98. The van der Waals surface area contributed by atoms with Crippen LogP contribution in [0.4, 0.5) is 0 Å². The maximum atomic E-state index is 13.1. The number of rotatable bonds is 12. The van der Waals surface area contributed by atoms with Crippen LogP contribution in [-0.2, 0) is 12.8 Å². The average Bonchev–Trinajstić information content (AvgIpc) is 2.87. The molecular formula is C34H38O4. The number of carboxylic acid groups (broad SMARTS) is 1. The third kappa shape index (κ3) is 8.04. The summed E-state index contributed by atoms with van der Waals surface area (Å²) >= 11 is 0. The molecule has 0 aliphatic rings. The number of allylic oxidation sites excluding steroid dienone is 8. The molecule has 0 spiro atoms. The van der Waals surface area contributed by atoms with E-state index in [1.165, 1.54) is 11.1 Å². The number of aromatic carboxylic acids is 1. The Morgan fingerprint density at radius 1 is 0.816 bits per heavy atom. The van der Waals surface area contributed by atoms with E-state index in [1.54, 1.807) is 24.3 Å². The molecule has 1 heterocycles. The zero-order valence-corrected chi connectivity index (χ0v) is 22.9. The lowest BCUT2D eigenvalue weighted by Gasteiger charge is -2.13. The lowest BCUT2D eigenvalue weighted by atomic mass is 9.95. The molecule has 4 nitrogen and oxygen atoms in total. The van der Waals surface area contributed by atoms with Crippen LogP contribution in [0.5, 0.6) is 0 Å². The maximum Gasteiger partial charge on any atom is 0.343 e. The standard InChI is InChI=1S/C34H38O4/c1-24(2)15-9-5-7-11-17-26-21-22-28(27(23-26)18-12-8-6-10-16-25(3)4)33-31(34(36)37)32(35)29-19-13-14-20-30(29)38-33/h7-8,11-16,19-23H,5-6,9-10,17-18H2,1-4H3,(H,36,37). The quantitative estimate of drug-likeness (QED) is 0.195. The van der Waals surface area contributed by atoms with Gasteiger partial charge in [-0.3, -0.25) is 4.79 Å². The zero-order chi connectivity index (χ0) is 27.5. The molecule has 3 aromatic rings. The summed E-state index contributed by atoms with van der Waals surface area (Å²) in [6.45, 7) is 8.40. The molecule has 0 bridgehead atoms. The van der Waals surface area contributed by atoms with Gasteiger partial charge in [0, 0.05) is 5.56 Å². The van der Waals surface area contributed by atoms with E-state index >= 15 is 0 Å². The van der Waals surface area contributed by atoms with Crippen molar-refractivity contribution in [2.45, 2.75) is 66.2 Å². The van der Waals surface area contributed by atoms with Gasteiger partial charge < -0.3 is 9.52 Å². The summed E-state index contributed by atoms with van der Waals surface area (Å²) in [6, 6.07) is 12.7. The van der Waals surface area contributed by atoms with Crippen LogP contribution >= 0.6 is 0 Å². The molecule has 0 saturated heterocycles. The van der Waals surface area contributed by atoms with Crippen LogP contribution in [0.1, 0.15) is 74.9 Å². The monoisotopic (exact) mass is 510 g/mol. The SMILES string of the molecule is CC(C)=CCCC=CCc1ccc(-c2oc3ccccc3c(=O)c2C(=O)O)c(CC=CCCC=C(C)C)c1. The summed E-state index contributed by atoms with van der Waals surface area (Å²) in [7, 11) is 0. The normalized spacial score (nSPS) is 11.4. The first kappa shape index (κ1) is 28.6. The van der Waals surface area contributed by atoms with Gasteiger partial charge in [0.15, 0.2) is 11.3 Å². The van der Waals surface area contributed by atoms with Crippen LogP contribution < -0.4 is 5.43 Å². The second-order valence-electron chi connectivity index (χ2n) is 10.00. The number of carboxylic acids is 1. The zero-order valence-electron chi connectivity index (χ0n) is 22.9. The highest BCUT2D eigenvalue weighted by molar-refractivity contribution is 5.98. The van der Waals surface area contributed by atoms with Crippen molar-refractivity contribution in [3.05, 3.63) is 117 Å². The molecule has 1 aromatic heterocycles. The number of benzene rings is 2. The molecule has 4 heteroatoms. The Labute approximate surface area is 225 Å². The van der Waals surface area contributed by atoms with Crippen molar-refractivity contribution in [2.75, 3.05) is 0 Å². The van der Waals surface area contributed by atoms with Gasteiger partial charge in [-0.15, -0.1) is 0 Å². The first-order chi connectivity index (χ1) is 18.3. The molecule has 0 aliphatic carbocycles. The molecule has 0 saturated carbocycles. The van der Waals surface area contributed by atoms with Crippen molar-refractivity contribution >= 4 is 16.9 Å². The number of fused-ring (bicyclic) bond motifs is 1. The highest BCUT2D eigenvalue weighted by atomic mass is 16.4. The fourth-order valence-corrected chi connectivity index (χ4v) is 4.29. The van der Waals surface area contributed by atoms with E-state index in [0.29, 0.717) is 17.6 Å². The number of carbonyl (C=O) groups is 1. The molecule has 0 aliphatic heterocycles. The third-order valence-corrected chi connectivity index (χ3v) is 6.22. The second-order valence-corrected chi connectivity index (χ2v) is 10.00. The minimum absolute atomic E-state index is 0.109. The molecule has 3 rings (SSSR count). The first-order valence-corrected chi connectivity index (χ1v) is 13.3. The van der Waals surface area contributed by atoms with Crippen LogP contribution in [0.25, 0.3) is 22.3 Å². The van der Waals surface area contributed by atoms with Crippen molar-refractivity contribution in [1.29, 1.82) is 0 Å². The number of hydrogen-bond donors (Lipinski definition) is 1. The molecule has 0 atom stereocenters. The van der Waals surface area contributed by atoms with E-state index in [1.807, 2.05) is 12.1 Å². The summed E-state index contributed by atoms with van der Waals surface area (Å²) < 4.78 is 6.09. The average molecular weight is 511 g/mol. The number of hydrogen-bond acceptors (Lipinski definition) is 3. The van der Waals surface area contributed by atoms with Gasteiger partial charge in [0.25, 0.3) is 0 Å². The molecule has 0 amide bonds. The Morgan fingerprint density at radius 3 is 2.08 bits per heavy atom. The van der Waals surface area contributed by atoms with Crippen molar-refractivity contribution in [2.24, 2.45) is 0 Å². The largest absolute Gasteiger partial charge is 0.477 e. The first-order valence-electron chi connectivity index (χ1n) is 13.3. The fraction of sp³-hybridized carbons (Fsp3) is 0.294. The van der Waals surface area contributed by atoms with Gasteiger partial charge in [0.05, 0.1) is 5.39 Å². The van der Waals surface area contributed by atoms with E-state index in [-0.39, 0.29) is 16.7 Å². The van der Waals surface area contributed by atoms with Crippen molar-refractivity contribution < 1.29 is 14.3 Å². The molecule has 38 heavy (non-hydrogen) atoms. The van der Waals surface area contributed by atoms with Crippen molar-refractivity contribution in [1.82, 2.24) is 0 Å². The lowest BCUT2D eigenvalue weighted by molar-refractivity contribution is 0.0694. The second kappa shape index (κ2) is 14.1. The minimum atomic E-state index is -1.29. The van der Waals surface area contributed by atoms with Crippen LogP contribution in [0.15, 0.2) is 99.3 Å². The van der Waals surface area contributed by atoms with Gasteiger partial charge in [0.2, 0.25) is 5.43 Å². The van der Waals surface area contributed by atoms with Gasteiger partial charge in [-0.05, 0) is 89.5 Å². The molecular weight excluding hydrogens is 472 g/mol. The van der Waals surface area contributed by atoms with Crippen molar-refractivity contribution in [3.63, 3.8) is 0 Å². The summed E-state index contributed by atoms with van der Waals surface area (Å²) in [5, 5.41) is 10.2. The minimum Gasteiger partial charge on any atom is -0.477 e. The van der Waals surface area contributed by atoms with Gasteiger partial charge in [0.1, 0.15) is 5.58 Å². The van der Waals surface area contributed by atoms with E-state index < -0.39 is 11.4 Å². The Hall–Kier alpha value is -3.92. The number of para-hydroxylation sites is 1. The predicted molar refractivity (Wildman–Crippen MR) is 158 cm³/mol. The molecule has 2 aromatic carbocycles. The maximum absolute atomic E-state index is 13.1. The molecule has 198 valence electrons. The molecule has 1 N–H and O–H groups in total. The topological polar surface area (TPSA) is 67.5 Å². The van der Waals surface area contributed by atoms with E-state index in [9.17, 15) is 14.7 Å². The molecule has 0 fully saturated rings. The number of unbranched alkanes of at least 4 members (excludes halogenated alkanes) is 2. The molecule has 0 radical (unpaired) electrons. The van der Waals surface area contributed by atoms with Crippen molar-refractivity contribution in [3.8, 4) is 11.3 Å². The highest BCUT2D eigenvalue weighted by Gasteiger charge is 2.23. The highest BCUT2D eigenvalue weighted by Crippen LogP contribution is 2.30. The van der Waals surface area contributed by atoms with E-state index in [2.05, 4.69) is 70.2 Å². The summed E-state index contributed by atoms with van der Waals surface area (Å²) in [5.74, 6) is -1.18. The van der Waals surface area contributed by atoms with Gasteiger partial charge in [-0.1, -0.05) is 77.9 Å². The lowest BCUT2D eigenvalue weighted by Crippen LogP contribution is -2.17. The Bertz CT molecular complexity index is 1440. The van der Waals surface area contributed by atoms with Gasteiger partial charge >= 0.3 is 5.97 Å². The third-order valence-electron chi connectivity index (χ3n) is 6.22. The predicted octanol–water partition coefficient (Wildman–Crippen LogP) is 8.85. The summed E-state index contributed by atoms with van der Waals surface area (Å²) in [6.07, 6.45) is 18.4. The Kier molecular flexibility index (Phi) is 10.7. The summed E-state index contributed by atoms with van der Waals surface area (Å²) in [5.41, 5.74) is 4.84. The Morgan fingerprint density at radius 2 is 1.45 bits per heavy atom. The van der Waals surface area contributed by atoms with Gasteiger partial charge in [-0.2, -0.15) is 0 Å². The van der Waals surface area contributed by atoms with Crippen LogP contribution in [0.3, 0.4) is 0 Å². The smallest absolute Gasteiger partial charge is 0.343 e. The van der Waals surface area contributed by atoms with Crippen LogP contribution in [0, 0.1) is 0 Å². The van der Waals surface area contributed by atoms with Crippen LogP contribution in [-0.4, -0.2) is 11.1 Å². The van der Waals surface area contributed by atoms with E-state index in [4.69, 9.17) is 4.42 Å². The fourth-order valence-electron chi connectivity index (χ4n) is 4.29. The molecule has 0 unspecified atom stereocenters. The van der Waals surface area contributed by atoms with E-state index in [0.717, 1.165) is 43.2 Å². The summed E-state index contributed by atoms with van der Waals surface area (Å²) in [4.78, 5) is 25.3. The van der Waals surface area contributed by atoms with Crippen LogP contribution in [0.2, 0.25) is 0 Å². The van der Waals surface area contributed by atoms with Gasteiger partial charge in [-0.25, -0.2) is 4.79 Å².